The number of nitrogens with one attached hydrogen (secondary N) is 2. The number of nitrogens with zero attached hydrogens (tertiary/aromatic N) is 1. The molecule has 0 spiro atoms. The van der Waals surface area contributed by atoms with E-state index in [0.717, 1.165) is 44.5 Å². The van der Waals surface area contributed by atoms with Crippen LogP contribution in [-0.2, 0) is 0 Å². The first-order chi connectivity index (χ1) is 9.72. The van der Waals surface area contributed by atoms with Crippen molar-refractivity contribution in [2.75, 3.05) is 23.3 Å². The number of carbonyl (C=O) groups excluding carboxylic acids is 1. The van der Waals surface area contributed by atoms with Gasteiger partial charge >= 0.3 is 6.03 Å². The summed E-state index contributed by atoms with van der Waals surface area (Å²) in [5.41, 5.74) is 2.07. The number of urea groups is 1. The summed E-state index contributed by atoms with van der Waals surface area (Å²) in [6.45, 7) is 6.53. The number of amides is 2. The van der Waals surface area contributed by atoms with Gasteiger partial charge in [-0.1, -0.05) is 13.8 Å². The van der Waals surface area contributed by atoms with Crippen LogP contribution in [0.25, 0.3) is 0 Å². The highest BCUT2D eigenvalue weighted by Gasteiger charge is 2.23. The molecule has 1 saturated carbocycles. The number of anilines is 2. The molecule has 0 aromatic heterocycles. The van der Waals surface area contributed by atoms with Crippen molar-refractivity contribution in [2.24, 2.45) is 0 Å². The Kier molecular flexibility index (Phi) is 5.27. The van der Waals surface area contributed by atoms with Crippen molar-refractivity contribution >= 4 is 17.4 Å². The summed E-state index contributed by atoms with van der Waals surface area (Å²) in [7, 11) is 0. The van der Waals surface area contributed by atoms with E-state index in [4.69, 9.17) is 0 Å². The predicted octanol–water partition coefficient (Wildman–Crippen LogP) is 3.60. The Labute approximate surface area is 121 Å². The quantitative estimate of drug-likeness (QED) is 0.798. The van der Waals surface area contributed by atoms with Gasteiger partial charge in [0.1, 0.15) is 0 Å². The molecule has 1 aromatic carbocycles. The summed E-state index contributed by atoms with van der Waals surface area (Å²) in [6, 6.07) is 8.40. The Bertz CT molecular complexity index is 420. The van der Waals surface area contributed by atoms with E-state index in [1.165, 1.54) is 5.69 Å². The summed E-state index contributed by atoms with van der Waals surface area (Å²) in [5.74, 6) is 0. The lowest BCUT2D eigenvalue weighted by Crippen LogP contribution is -2.30. The summed E-state index contributed by atoms with van der Waals surface area (Å²) >= 11 is 0. The van der Waals surface area contributed by atoms with E-state index < -0.39 is 0 Å². The first kappa shape index (κ1) is 14.7. The molecular weight excluding hydrogens is 250 g/mol. The molecule has 2 N–H and O–H groups in total. The highest BCUT2D eigenvalue weighted by atomic mass is 16.2. The third-order valence-electron chi connectivity index (χ3n) is 3.39. The molecule has 1 aliphatic rings. The molecule has 2 amide bonds. The van der Waals surface area contributed by atoms with Crippen LogP contribution < -0.4 is 15.5 Å². The van der Waals surface area contributed by atoms with Gasteiger partial charge in [-0.15, -0.1) is 0 Å². The SMILES string of the molecule is CCCN(CCC)c1ccc(NC(=O)NC2CC2)cc1. The zero-order chi connectivity index (χ0) is 14.4. The number of rotatable bonds is 7. The predicted molar refractivity (Wildman–Crippen MR) is 84.4 cm³/mol. The van der Waals surface area contributed by atoms with Gasteiger partial charge in [-0.05, 0) is 49.9 Å². The summed E-state index contributed by atoms with van der Waals surface area (Å²) in [5, 5.41) is 5.79. The molecule has 0 bridgehead atoms. The van der Waals surface area contributed by atoms with Crippen molar-refractivity contribution in [2.45, 2.75) is 45.6 Å². The van der Waals surface area contributed by atoms with Crippen LogP contribution in [0.1, 0.15) is 39.5 Å². The highest BCUT2D eigenvalue weighted by molar-refractivity contribution is 5.89. The maximum Gasteiger partial charge on any atom is 0.319 e. The minimum absolute atomic E-state index is 0.0979. The van der Waals surface area contributed by atoms with E-state index in [9.17, 15) is 4.79 Å². The lowest BCUT2D eigenvalue weighted by molar-refractivity contribution is 0.251. The molecule has 4 nitrogen and oxygen atoms in total. The van der Waals surface area contributed by atoms with Crippen molar-refractivity contribution < 1.29 is 4.79 Å². The maximum absolute atomic E-state index is 11.7. The fourth-order valence-electron chi connectivity index (χ4n) is 2.25. The van der Waals surface area contributed by atoms with Crippen LogP contribution in [0.3, 0.4) is 0 Å². The van der Waals surface area contributed by atoms with Crippen molar-refractivity contribution in [1.29, 1.82) is 0 Å². The van der Waals surface area contributed by atoms with Crippen LogP contribution in [0.4, 0.5) is 16.2 Å². The van der Waals surface area contributed by atoms with Crippen molar-refractivity contribution in [3.63, 3.8) is 0 Å². The first-order valence-corrected chi connectivity index (χ1v) is 7.65. The molecular formula is C16H25N3O. The van der Waals surface area contributed by atoms with Gasteiger partial charge in [0, 0.05) is 30.5 Å². The first-order valence-electron chi connectivity index (χ1n) is 7.65. The van der Waals surface area contributed by atoms with Crippen LogP contribution in [0, 0.1) is 0 Å². The van der Waals surface area contributed by atoms with E-state index in [1.54, 1.807) is 0 Å². The van der Waals surface area contributed by atoms with Gasteiger partial charge < -0.3 is 15.5 Å². The van der Waals surface area contributed by atoms with Gasteiger partial charge in [0.05, 0.1) is 0 Å². The molecule has 2 rings (SSSR count). The molecule has 0 atom stereocenters. The molecule has 0 heterocycles. The average molecular weight is 275 g/mol. The molecule has 1 aliphatic carbocycles. The van der Waals surface area contributed by atoms with Crippen LogP contribution in [-0.4, -0.2) is 25.2 Å². The molecule has 1 aromatic rings. The molecule has 20 heavy (non-hydrogen) atoms. The fraction of sp³-hybridized carbons (Fsp3) is 0.562. The lowest BCUT2D eigenvalue weighted by atomic mass is 10.2. The second kappa shape index (κ2) is 7.17. The summed E-state index contributed by atoms with van der Waals surface area (Å²) < 4.78 is 0. The van der Waals surface area contributed by atoms with Gasteiger partial charge in [0.2, 0.25) is 0 Å². The Morgan fingerprint density at radius 2 is 1.75 bits per heavy atom. The normalized spacial score (nSPS) is 13.9. The van der Waals surface area contributed by atoms with E-state index in [0.29, 0.717) is 6.04 Å². The molecule has 0 radical (unpaired) electrons. The molecule has 4 heteroatoms. The minimum Gasteiger partial charge on any atom is -0.372 e. The van der Waals surface area contributed by atoms with Gasteiger partial charge in [-0.25, -0.2) is 4.79 Å². The topological polar surface area (TPSA) is 44.4 Å². The van der Waals surface area contributed by atoms with E-state index in [1.807, 2.05) is 12.1 Å². The second-order valence-corrected chi connectivity index (χ2v) is 5.41. The third-order valence-corrected chi connectivity index (χ3v) is 3.39. The lowest BCUT2D eigenvalue weighted by Gasteiger charge is -2.24. The van der Waals surface area contributed by atoms with E-state index in [-0.39, 0.29) is 6.03 Å². The molecule has 0 unspecified atom stereocenters. The zero-order valence-electron chi connectivity index (χ0n) is 12.5. The van der Waals surface area contributed by atoms with Gasteiger partial charge in [0.15, 0.2) is 0 Å². The third kappa shape index (κ3) is 4.44. The standard InChI is InChI=1S/C16H25N3O/c1-3-11-19(12-4-2)15-9-7-14(8-10-15)18-16(20)17-13-5-6-13/h7-10,13H,3-6,11-12H2,1-2H3,(H2,17,18,20). The Morgan fingerprint density at radius 3 is 2.25 bits per heavy atom. The zero-order valence-corrected chi connectivity index (χ0v) is 12.5. The largest absolute Gasteiger partial charge is 0.372 e. The minimum atomic E-state index is -0.0979. The van der Waals surface area contributed by atoms with Crippen LogP contribution >= 0.6 is 0 Å². The highest BCUT2D eigenvalue weighted by Crippen LogP contribution is 2.20. The van der Waals surface area contributed by atoms with E-state index in [2.05, 4.69) is 41.5 Å². The maximum atomic E-state index is 11.7. The Balaban J connectivity index is 1.91. The van der Waals surface area contributed by atoms with Gasteiger partial charge in [-0.2, -0.15) is 0 Å². The summed E-state index contributed by atoms with van der Waals surface area (Å²) in [4.78, 5) is 14.0. The number of hydrogen-bond acceptors (Lipinski definition) is 2. The fourth-order valence-corrected chi connectivity index (χ4v) is 2.25. The monoisotopic (exact) mass is 275 g/mol. The molecule has 0 aliphatic heterocycles. The summed E-state index contributed by atoms with van der Waals surface area (Å²) in [6.07, 6.45) is 4.50. The van der Waals surface area contributed by atoms with Crippen LogP contribution in [0.15, 0.2) is 24.3 Å². The van der Waals surface area contributed by atoms with Crippen molar-refractivity contribution in [1.82, 2.24) is 5.32 Å². The van der Waals surface area contributed by atoms with Gasteiger partial charge in [0.25, 0.3) is 0 Å². The molecule has 110 valence electrons. The number of hydrogen-bond donors (Lipinski definition) is 2. The van der Waals surface area contributed by atoms with Gasteiger partial charge in [-0.3, -0.25) is 0 Å². The number of benzene rings is 1. The smallest absolute Gasteiger partial charge is 0.319 e. The molecule has 0 saturated heterocycles. The van der Waals surface area contributed by atoms with E-state index >= 15 is 0 Å². The Hall–Kier alpha value is -1.71. The van der Waals surface area contributed by atoms with Crippen molar-refractivity contribution in [3.05, 3.63) is 24.3 Å². The van der Waals surface area contributed by atoms with Crippen LogP contribution in [0.5, 0.6) is 0 Å². The average Bonchev–Trinajstić information content (AvgIpc) is 3.23. The second-order valence-electron chi connectivity index (χ2n) is 5.41. The van der Waals surface area contributed by atoms with Crippen molar-refractivity contribution in [3.8, 4) is 0 Å². The molecule has 1 fully saturated rings. The Morgan fingerprint density at radius 1 is 1.15 bits per heavy atom. The van der Waals surface area contributed by atoms with Crippen LogP contribution in [0.2, 0.25) is 0 Å². The number of carbonyl (C=O) groups is 1.